The van der Waals surface area contributed by atoms with Gasteiger partial charge in [0.15, 0.2) is 5.16 Å². The van der Waals surface area contributed by atoms with Gasteiger partial charge in [0.2, 0.25) is 0 Å². The zero-order valence-corrected chi connectivity index (χ0v) is 14.8. The first-order valence-corrected chi connectivity index (χ1v) is 9.66. The SMILES string of the molecule is CSc1ncc2c(n1)N(C1CCCC1)C(=O)N(c1ccccc1F)C2. The Balaban J connectivity index is 1.81. The standard InChI is InChI=1S/C18H19FN4OS/c1-25-17-20-10-12-11-22(15-9-5-4-8-14(15)19)18(24)23(16(12)21-17)13-6-2-3-7-13/h4-5,8-10,13H,2-3,6-7,11H2,1H3. The van der Waals surface area contributed by atoms with E-state index in [0.29, 0.717) is 16.7 Å². The van der Waals surface area contributed by atoms with Gasteiger partial charge < -0.3 is 0 Å². The molecule has 0 N–H and O–H groups in total. The third kappa shape index (κ3) is 2.86. The number of halogens is 1. The van der Waals surface area contributed by atoms with Crippen molar-refractivity contribution in [3.8, 4) is 0 Å². The fraction of sp³-hybridized carbons (Fsp3) is 0.389. The van der Waals surface area contributed by atoms with Gasteiger partial charge in [-0.15, -0.1) is 0 Å². The third-order valence-corrected chi connectivity index (χ3v) is 5.39. The van der Waals surface area contributed by atoms with Crippen molar-refractivity contribution in [2.75, 3.05) is 16.1 Å². The van der Waals surface area contributed by atoms with Gasteiger partial charge in [-0.05, 0) is 31.2 Å². The molecule has 7 heteroatoms. The minimum absolute atomic E-state index is 0.116. The van der Waals surface area contributed by atoms with Gasteiger partial charge in [0.25, 0.3) is 0 Å². The molecule has 0 saturated heterocycles. The number of aromatic nitrogens is 2. The maximum absolute atomic E-state index is 14.3. The summed E-state index contributed by atoms with van der Waals surface area (Å²) < 4.78 is 14.3. The van der Waals surface area contributed by atoms with Gasteiger partial charge in [0.1, 0.15) is 11.6 Å². The van der Waals surface area contributed by atoms with Crippen molar-refractivity contribution in [2.45, 2.75) is 43.4 Å². The zero-order chi connectivity index (χ0) is 17.4. The second-order valence-electron chi connectivity index (χ2n) is 6.33. The van der Waals surface area contributed by atoms with Crippen LogP contribution in [-0.4, -0.2) is 28.3 Å². The first-order chi connectivity index (χ1) is 12.2. The van der Waals surface area contributed by atoms with Crippen molar-refractivity contribution < 1.29 is 9.18 Å². The lowest BCUT2D eigenvalue weighted by molar-refractivity contribution is 0.247. The van der Waals surface area contributed by atoms with Crippen LogP contribution >= 0.6 is 11.8 Å². The molecule has 1 aliphatic heterocycles. The van der Waals surface area contributed by atoms with Gasteiger partial charge in [-0.25, -0.2) is 19.2 Å². The fourth-order valence-electron chi connectivity index (χ4n) is 3.61. The molecular formula is C18H19FN4OS. The van der Waals surface area contributed by atoms with Crippen LogP contribution in [0.3, 0.4) is 0 Å². The van der Waals surface area contributed by atoms with Crippen LogP contribution in [0.15, 0.2) is 35.6 Å². The molecule has 2 aromatic rings. The number of fused-ring (bicyclic) bond motifs is 1. The fourth-order valence-corrected chi connectivity index (χ4v) is 3.95. The maximum Gasteiger partial charge on any atom is 0.330 e. The molecule has 1 saturated carbocycles. The molecule has 4 rings (SSSR count). The highest BCUT2D eigenvalue weighted by Crippen LogP contribution is 2.37. The van der Waals surface area contributed by atoms with Gasteiger partial charge in [-0.1, -0.05) is 36.7 Å². The number of carbonyl (C=O) groups excluding carboxylic acids is 1. The Morgan fingerprint density at radius 3 is 2.72 bits per heavy atom. The van der Waals surface area contributed by atoms with E-state index in [9.17, 15) is 9.18 Å². The lowest BCUT2D eigenvalue weighted by Gasteiger charge is -2.39. The third-order valence-electron chi connectivity index (χ3n) is 4.83. The predicted octanol–water partition coefficient (Wildman–Crippen LogP) is 4.23. The first kappa shape index (κ1) is 16.3. The van der Waals surface area contributed by atoms with Crippen LogP contribution in [0.25, 0.3) is 0 Å². The topological polar surface area (TPSA) is 49.3 Å². The Bertz CT molecular complexity index is 809. The van der Waals surface area contributed by atoms with E-state index >= 15 is 0 Å². The first-order valence-electron chi connectivity index (χ1n) is 8.44. The van der Waals surface area contributed by atoms with Crippen molar-refractivity contribution in [3.63, 3.8) is 0 Å². The smallest absolute Gasteiger partial charge is 0.286 e. The van der Waals surface area contributed by atoms with Gasteiger partial charge in [0, 0.05) is 17.8 Å². The van der Waals surface area contributed by atoms with E-state index in [0.717, 1.165) is 31.2 Å². The van der Waals surface area contributed by atoms with Gasteiger partial charge in [-0.3, -0.25) is 9.80 Å². The molecule has 2 heterocycles. The largest absolute Gasteiger partial charge is 0.330 e. The molecule has 1 aromatic heterocycles. The quantitative estimate of drug-likeness (QED) is 0.609. The summed E-state index contributed by atoms with van der Waals surface area (Å²) in [6.07, 6.45) is 7.78. The highest BCUT2D eigenvalue weighted by atomic mass is 32.2. The molecule has 130 valence electrons. The van der Waals surface area contributed by atoms with Gasteiger partial charge in [-0.2, -0.15) is 0 Å². The molecule has 2 amide bonds. The van der Waals surface area contributed by atoms with Crippen molar-refractivity contribution in [1.29, 1.82) is 0 Å². The number of para-hydroxylation sites is 1. The molecule has 1 aromatic carbocycles. The van der Waals surface area contributed by atoms with Crippen LogP contribution in [0.1, 0.15) is 31.2 Å². The molecule has 0 unspecified atom stereocenters. The van der Waals surface area contributed by atoms with Crippen molar-refractivity contribution in [2.24, 2.45) is 0 Å². The number of anilines is 2. The summed E-state index contributed by atoms with van der Waals surface area (Å²) >= 11 is 1.45. The average Bonchev–Trinajstić information content (AvgIpc) is 3.15. The number of amides is 2. The second-order valence-corrected chi connectivity index (χ2v) is 7.11. The van der Waals surface area contributed by atoms with Crippen molar-refractivity contribution in [3.05, 3.63) is 41.8 Å². The zero-order valence-electron chi connectivity index (χ0n) is 14.0. The van der Waals surface area contributed by atoms with Crippen molar-refractivity contribution >= 4 is 29.3 Å². The van der Waals surface area contributed by atoms with Gasteiger partial charge in [0.05, 0.1) is 12.2 Å². The summed E-state index contributed by atoms with van der Waals surface area (Å²) in [5, 5.41) is 0.647. The molecule has 0 atom stereocenters. The summed E-state index contributed by atoms with van der Waals surface area (Å²) in [5.74, 6) is 0.288. The normalized spacial score (nSPS) is 17.9. The van der Waals surface area contributed by atoms with E-state index in [1.165, 1.54) is 22.7 Å². The Labute approximate surface area is 150 Å². The molecule has 25 heavy (non-hydrogen) atoms. The van der Waals surface area contributed by atoms with Crippen LogP contribution in [0.2, 0.25) is 0 Å². The van der Waals surface area contributed by atoms with Crippen molar-refractivity contribution in [1.82, 2.24) is 9.97 Å². The van der Waals surface area contributed by atoms with E-state index in [1.807, 2.05) is 6.26 Å². The summed E-state index contributed by atoms with van der Waals surface area (Å²) in [4.78, 5) is 25.4. The van der Waals surface area contributed by atoms with E-state index < -0.39 is 5.82 Å². The Hall–Kier alpha value is -2.15. The van der Waals surface area contributed by atoms with Crippen LogP contribution in [-0.2, 0) is 6.54 Å². The van der Waals surface area contributed by atoms with E-state index in [2.05, 4.69) is 9.97 Å². The number of thioether (sulfide) groups is 1. The second kappa shape index (κ2) is 6.63. The summed E-state index contributed by atoms with van der Waals surface area (Å²) in [7, 11) is 0. The summed E-state index contributed by atoms with van der Waals surface area (Å²) in [5.41, 5.74) is 1.16. The number of hydrogen-bond donors (Lipinski definition) is 0. The monoisotopic (exact) mass is 358 g/mol. The van der Waals surface area contributed by atoms with Gasteiger partial charge >= 0.3 is 6.03 Å². The molecule has 0 bridgehead atoms. The average molecular weight is 358 g/mol. The van der Waals surface area contributed by atoms with Crippen LogP contribution in [0, 0.1) is 5.82 Å². The minimum atomic E-state index is -0.396. The predicted molar refractivity (Wildman–Crippen MR) is 96.5 cm³/mol. The lowest BCUT2D eigenvalue weighted by atomic mass is 10.1. The molecule has 1 aliphatic carbocycles. The Morgan fingerprint density at radius 1 is 1.24 bits per heavy atom. The summed E-state index contributed by atoms with van der Waals surface area (Å²) in [6, 6.07) is 6.31. The van der Waals surface area contributed by atoms with Crippen LogP contribution in [0.4, 0.5) is 20.7 Å². The lowest BCUT2D eigenvalue weighted by Crippen LogP contribution is -2.52. The number of benzene rings is 1. The Kier molecular flexibility index (Phi) is 4.33. The maximum atomic E-state index is 14.3. The molecule has 2 aliphatic rings. The van der Waals surface area contributed by atoms with Crippen LogP contribution in [0.5, 0.6) is 0 Å². The summed E-state index contributed by atoms with van der Waals surface area (Å²) in [6.45, 7) is 0.285. The number of urea groups is 1. The molecule has 1 fully saturated rings. The Morgan fingerprint density at radius 2 is 2.00 bits per heavy atom. The minimum Gasteiger partial charge on any atom is -0.286 e. The molecule has 0 radical (unpaired) electrons. The molecule has 5 nitrogen and oxygen atoms in total. The van der Waals surface area contributed by atoms with E-state index in [-0.39, 0.29) is 18.6 Å². The highest BCUT2D eigenvalue weighted by Gasteiger charge is 2.39. The highest BCUT2D eigenvalue weighted by molar-refractivity contribution is 7.98. The number of hydrogen-bond acceptors (Lipinski definition) is 4. The van der Waals surface area contributed by atoms with E-state index in [1.54, 1.807) is 29.3 Å². The number of rotatable bonds is 3. The molecular weight excluding hydrogens is 339 g/mol. The van der Waals surface area contributed by atoms with Crippen LogP contribution < -0.4 is 9.80 Å². The number of nitrogens with zero attached hydrogens (tertiary/aromatic N) is 4. The van der Waals surface area contributed by atoms with E-state index in [4.69, 9.17) is 0 Å². The molecule has 0 spiro atoms. The number of carbonyl (C=O) groups is 1.